The molecule has 1 saturated carbocycles. The molecule has 13 heteroatoms. The molecular formula is C32H40F3N5O4S. The van der Waals surface area contributed by atoms with E-state index in [1.165, 1.54) is 29.9 Å². The molecule has 45 heavy (non-hydrogen) atoms. The van der Waals surface area contributed by atoms with E-state index in [9.17, 15) is 21.6 Å². The Bertz CT molecular complexity index is 1650. The summed E-state index contributed by atoms with van der Waals surface area (Å²) in [6, 6.07) is 12.0. The van der Waals surface area contributed by atoms with Crippen LogP contribution in [0.2, 0.25) is 0 Å². The minimum Gasteiger partial charge on any atom is -0.495 e. The number of sulfonamides is 1. The van der Waals surface area contributed by atoms with E-state index in [-0.39, 0.29) is 28.9 Å². The fraction of sp³-hybridized carbons (Fsp3) is 0.500. The summed E-state index contributed by atoms with van der Waals surface area (Å²) >= 11 is 0. The molecule has 9 nitrogen and oxygen atoms in total. The topological polar surface area (TPSA) is 111 Å². The molecule has 1 aliphatic heterocycles. The summed E-state index contributed by atoms with van der Waals surface area (Å²) in [6.07, 6.45) is 2.21. The molecule has 1 saturated heterocycles. The molecule has 244 valence electrons. The molecule has 2 fully saturated rings. The third-order valence-corrected chi connectivity index (χ3v) is 9.66. The third kappa shape index (κ3) is 8.24. The molecule has 0 bridgehead atoms. The van der Waals surface area contributed by atoms with Crippen LogP contribution in [0.5, 0.6) is 5.75 Å². The van der Waals surface area contributed by atoms with Gasteiger partial charge in [0.1, 0.15) is 12.3 Å². The maximum absolute atomic E-state index is 13.7. The Morgan fingerprint density at radius 2 is 1.73 bits per heavy atom. The second kappa shape index (κ2) is 13.9. The van der Waals surface area contributed by atoms with Crippen LogP contribution in [0.4, 0.5) is 24.5 Å². The summed E-state index contributed by atoms with van der Waals surface area (Å²) in [4.78, 5) is 2.48. The number of anilines is 2. The molecule has 0 atom stereocenters. The van der Waals surface area contributed by atoms with E-state index in [0.717, 1.165) is 57.3 Å². The number of methoxy groups -OCH3 is 2. The van der Waals surface area contributed by atoms with Gasteiger partial charge >= 0.3 is 6.18 Å². The van der Waals surface area contributed by atoms with Crippen LogP contribution in [0.25, 0.3) is 10.9 Å². The van der Waals surface area contributed by atoms with Crippen LogP contribution in [0.1, 0.15) is 44.2 Å². The van der Waals surface area contributed by atoms with Gasteiger partial charge in [0.15, 0.2) is 0 Å². The van der Waals surface area contributed by atoms with Gasteiger partial charge in [-0.2, -0.15) is 13.2 Å². The Hall–Kier alpha value is -3.44. The number of piperidine rings is 1. The van der Waals surface area contributed by atoms with Gasteiger partial charge in [0.05, 0.1) is 41.6 Å². The zero-order valence-electron chi connectivity index (χ0n) is 25.5. The van der Waals surface area contributed by atoms with Crippen molar-refractivity contribution in [1.29, 1.82) is 0 Å². The number of halogens is 3. The molecule has 2 heterocycles. The third-order valence-electron chi connectivity index (χ3n) is 8.75. The molecular weight excluding hydrogens is 607 g/mol. The lowest BCUT2D eigenvalue weighted by Gasteiger charge is -2.40. The minimum atomic E-state index is -4.43. The van der Waals surface area contributed by atoms with Crippen LogP contribution >= 0.6 is 0 Å². The van der Waals surface area contributed by atoms with Crippen molar-refractivity contribution in [2.75, 3.05) is 44.5 Å². The maximum atomic E-state index is 13.7. The number of benzene rings is 2. The number of aromatic nitrogens is 1. The molecule has 4 N–H and O–H groups in total. The highest BCUT2D eigenvalue weighted by molar-refractivity contribution is 7.89. The van der Waals surface area contributed by atoms with Crippen LogP contribution in [0.3, 0.4) is 0 Å². The highest BCUT2D eigenvalue weighted by Crippen LogP contribution is 2.33. The van der Waals surface area contributed by atoms with E-state index in [2.05, 4.69) is 27.4 Å². The second-order valence-corrected chi connectivity index (χ2v) is 13.2. The number of nitrogens with one attached hydrogen (secondary N) is 2. The summed E-state index contributed by atoms with van der Waals surface area (Å²) in [6.45, 7) is 1.04. The largest absolute Gasteiger partial charge is 0.495 e. The first-order chi connectivity index (χ1) is 21.4. The second-order valence-electron chi connectivity index (χ2n) is 11.7. The predicted molar refractivity (Wildman–Crippen MR) is 169 cm³/mol. The molecule has 2 aromatic carbocycles. The Balaban J connectivity index is 1.30. The van der Waals surface area contributed by atoms with Crippen molar-refractivity contribution >= 4 is 32.3 Å². The Labute approximate surface area is 262 Å². The summed E-state index contributed by atoms with van der Waals surface area (Å²) in [7, 11) is -0.743. The van der Waals surface area contributed by atoms with Gasteiger partial charge in [0.25, 0.3) is 0 Å². The lowest BCUT2D eigenvalue weighted by molar-refractivity contribution is -0.140. The van der Waals surface area contributed by atoms with Gasteiger partial charge in [-0.1, -0.05) is 12.0 Å². The fourth-order valence-electron chi connectivity index (χ4n) is 6.41. The van der Waals surface area contributed by atoms with Crippen molar-refractivity contribution in [2.24, 2.45) is 5.14 Å². The highest BCUT2D eigenvalue weighted by Gasteiger charge is 2.31. The van der Waals surface area contributed by atoms with Crippen molar-refractivity contribution in [3.63, 3.8) is 0 Å². The first-order valence-electron chi connectivity index (χ1n) is 15.1. The van der Waals surface area contributed by atoms with Crippen molar-refractivity contribution in [1.82, 2.24) is 9.47 Å². The molecule has 5 rings (SSSR count). The average Bonchev–Trinajstić information content (AvgIpc) is 3.35. The normalized spacial score (nSPS) is 20.0. The van der Waals surface area contributed by atoms with Crippen molar-refractivity contribution in [3.8, 4) is 17.6 Å². The van der Waals surface area contributed by atoms with Crippen LogP contribution in [0, 0.1) is 11.8 Å². The van der Waals surface area contributed by atoms with Gasteiger partial charge < -0.3 is 29.6 Å². The molecule has 0 unspecified atom stereocenters. The van der Waals surface area contributed by atoms with Crippen LogP contribution in [-0.4, -0.2) is 76.1 Å². The maximum Gasteiger partial charge on any atom is 0.406 e. The molecule has 3 aromatic rings. The van der Waals surface area contributed by atoms with Crippen molar-refractivity contribution in [3.05, 3.63) is 48.2 Å². The molecule has 0 radical (unpaired) electrons. The number of nitrogens with two attached hydrogens (primary N) is 1. The Kier molecular flexibility index (Phi) is 10.2. The number of nitrogens with zero attached hydrogens (tertiary/aromatic N) is 2. The first-order valence-corrected chi connectivity index (χ1v) is 16.7. The van der Waals surface area contributed by atoms with Crippen molar-refractivity contribution < 1.29 is 31.1 Å². The lowest BCUT2D eigenvalue weighted by atomic mass is 9.88. The SMILES string of the molecule is COc1cc(S(N)(=O)=O)ccc1NCC#Cc1cc2c(NC3CCC(N4CCC(OC)CC4)CC3)cccc2n1CC(F)(F)F. The van der Waals surface area contributed by atoms with E-state index in [1.807, 2.05) is 6.07 Å². The molecule has 1 aromatic heterocycles. The van der Waals surface area contributed by atoms with Crippen LogP contribution in [-0.2, 0) is 21.3 Å². The lowest BCUT2D eigenvalue weighted by Crippen LogP contribution is -2.45. The number of hydrogen-bond acceptors (Lipinski definition) is 7. The van der Waals surface area contributed by atoms with E-state index >= 15 is 0 Å². The van der Waals surface area contributed by atoms with E-state index < -0.39 is 22.7 Å². The van der Waals surface area contributed by atoms with Gasteiger partial charge in [0, 0.05) is 49.4 Å². The number of primary sulfonamides is 1. The summed E-state index contributed by atoms with van der Waals surface area (Å²) in [5, 5.41) is 12.5. The summed E-state index contributed by atoms with van der Waals surface area (Å²) in [5.41, 5.74) is 1.98. The zero-order chi connectivity index (χ0) is 32.2. The molecule has 0 amide bonds. The van der Waals surface area contributed by atoms with Gasteiger partial charge in [-0.05, 0) is 74.8 Å². The summed E-state index contributed by atoms with van der Waals surface area (Å²) in [5.74, 6) is 6.04. The van der Waals surface area contributed by atoms with Crippen LogP contribution in [0.15, 0.2) is 47.4 Å². The Morgan fingerprint density at radius 3 is 2.38 bits per heavy atom. The van der Waals surface area contributed by atoms with E-state index in [4.69, 9.17) is 14.6 Å². The molecule has 1 aliphatic carbocycles. The number of alkyl halides is 3. The van der Waals surface area contributed by atoms with Gasteiger partial charge in [-0.3, -0.25) is 0 Å². The standard InChI is InChI=1S/C32H40F3N5O4S/c1-43-25-14-17-39(18-15-25)23-10-8-22(9-11-23)38-28-6-3-7-30-27(28)19-24(40(30)21-32(33,34)35)5-4-16-37-29-13-12-26(45(36,41)42)20-31(29)44-2/h3,6-7,12-13,19-20,22-23,25,37-38H,8-11,14-18,21H2,1-2H3,(H2,36,41,42). The number of likely N-dealkylation sites (tertiary alicyclic amines) is 1. The Morgan fingerprint density at radius 1 is 1.00 bits per heavy atom. The minimum absolute atomic E-state index is 0.0795. The molecule has 0 spiro atoms. The highest BCUT2D eigenvalue weighted by atomic mass is 32.2. The number of rotatable bonds is 9. The average molecular weight is 648 g/mol. The quantitative estimate of drug-likeness (QED) is 0.276. The smallest absolute Gasteiger partial charge is 0.406 e. The van der Waals surface area contributed by atoms with Gasteiger partial charge in [-0.15, -0.1) is 0 Å². The summed E-state index contributed by atoms with van der Waals surface area (Å²) < 4.78 is 76.3. The number of hydrogen-bond donors (Lipinski definition) is 3. The van der Waals surface area contributed by atoms with Crippen LogP contribution < -0.4 is 20.5 Å². The predicted octanol–water partition coefficient (Wildman–Crippen LogP) is 5.16. The van der Waals surface area contributed by atoms with E-state index in [1.54, 1.807) is 25.3 Å². The van der Waals surface area contributed by atoms with Gasteiger partial charge in [-0.25, -0.2) is 13.6 Å². The van der Waals surface area contributed by atoms with Crippen molar-refractivity contribution in [2.45, 2.75) is 74.3 Å². The fourth-order valence-corrected chi connectivity index (χ4v) is 6.94. The zero-order valence-corrected chi connectivity index (χ0v) is 26.3. The first kappa shape index (κ1) is 32.9. The van der Waals surface area contributed by atoms with E-state index in [0.29, 0.717) is 28.7 Å². The number of ether oxygens (including phenoxy) is 2. The van der Waals surface area contributed by atoms with Gasteiger partial charge in [0.2, 0.25) is 10.0 Å². The monoisotopic (exact) mass is 647 g/mol. The molecule has 2 aliphatic rings. The number of fused-ring (bicyclic) bond motifs is 1.